The fourth-order valence-electron chi connectivity index (χ4n) is 1.50. The Morgan fingerprint density at radius 3 is 2.59 bits per heavy atom. The monoisotopic (exact) mass is 338 g/mol. The van der Waals surface area contributed by atoms with Crippen LogP contribution in [0.25, 0.3) is 0 Å². The molecule has 0 saturated carbocycles. The highest BCUT2D eigenvalue weighted by molar-refractivity contribution is 14.1. The van der Waals surface area contributed by atoms with E-state index in [0.717, 1.165) is 21.2 Å². The van der Waals surface area contributed by atoms with Crippen LogP contribution in [0.5, 0.6) is 11.5 Å². The van der Waals surface area contributed by atoms with E-state index in [-0.39, 0.29) is 0 Å². The summed E-state index contributed by atoms with van der Waals surface area (Å²) in [5, 5.41) is 0. The maximum absolute atomic E-state index is 11.0. The number of benzene rings is 2. The SMILES string of the molecule is Cc1ccc(Oc2ccccc2I)c(C=O)c1. The number of para-hydroxylation sites is 1. The molecule has 0 aliphatic rings. The Hall–Kier alpha value is -1.36. The van der Waals surface area contributed by atoms with E-state index < -0.39 is 0 Å². The molecule has 17 heavy (non-hydrogen) atoms. The predicted octanol–water partition coefficient (Wildman–Crippen LogP) is 4.20. The molecule has 0 amide bonds. The summed E-state index contributed by atoms with van der Waals surface area (Å²) in [4.78, 5) is 11.0. The zero-order valence-corrected chi connectivity index (χ0v) is 11.5. The Morgan fingerprint density at radius 2 is 1.88 bits per heavy atom. The molecule has 0 aromatic heterocycles. The van der Waals surface area contributed by atoms with Gasteiger partial charge < -0.3 is 4.74 Å². The minimum Gasteiger partial charge on any atom is -0.456 e. The summed E-state index contributed by atoms with van der Waals surface area (Å²) in [5.41, 5.74) is 1.62. The van der Waals surface area contributed by atoms with E-state index in [1.54, 1.807) is 0 Å². The predicted molar refractivity (Wildman–Crippen MR) is 75.8 cm³/mol. The first-order chi connectivity index (χ1) is 8.20. The summed E-state index contributed by atoms with van der Waals surface area (Å²) >= 11 is 2.20. The van der Waals surface area contributed by atoms with Crippen LogP contribution in [0.4, 0.5) is 0 Å². The third-order valence-corrected chi connectivity index (χ3v) is 3.24. The number of ether oxygens (including phenoxy) is 1. The van der Waals surface area contributed by atoms with E-state index in [9.17, 15) is 4.79 Å². The molecule has 2 rings (SSSR count). The number of halogens is 1. The van der Waals surface area contributed by atoms with Gasteiger partial charge in [0.2, 0.25) is 0 Å². The van der Waals surface area contributed by atoms with Crippen molar-refractivity contribution in [2.45, 2.75) is 6.92 Å². The molecule has 0 fully saturated rings. The van der Waals surface area contributed by atoms with Gasteiger partial charge in [0.05, 0.1) is 9.13 Å². The van der Waals surface area contributed by atoms with Gasteiger partial charge in [-0.15, -0.1) is 0 Å². The summed E-state index contributed by atoms with van der Waals surface area (Å²) in [7, 11) is 0. The summed E-state index contributed by atoms with van der Waals surface area (Å²) in [5.74, 6) is 1.36. The molecule has 2 aromatic carbocycles. The van der Waals surface area contributed by atoms with Gasteiger partial charge in [-0.3, -0.25) is 4.79 Å². The van der Waals surface area contributed by atoms with E-state index in [4.69, 9.17) is 4.74 Å². The number of aryl methyl sites for hydroxylation is 1. The van der Waals surface area contributed by atoms with Crippen molar-refractivity contribution in [3.63, 3.8) is 0 Å². The molecule has 0 aliphatic heterocycles. The molecular formula is C14H11IO2. The first-order valence-corrected chi connectivity index (χ1v) is 6.27. The second-order valence-electron chi connectivity index (χ2n) is 3.69. The third kappa shape index (κ3) is 2.85. The van der Waals surface area contributed by atoms with Gasteiger partial charge in [-0.2, -0.15) is 0 Å². The van der Waals surface area contributed by atoms with Gasteiger partial charge in [0, 0.05) is 0 Å². The maximum atomic E-state index is 11.0. The van der Waals surface area contributed by atoms with Crippen molar-refractivity contribution >= 4 is 28.9 Å². The molecule has 86 valence electrons. The van der Waals surface area contributed by atoms with Crippen molar-refractivity contribution < 1.29 is 9.53 Å². The Balaban J connectivity index is 2.36. The minimum atomic E-state index is 0.574. The van der Waals surface area contributed by atoms with Crippen molar-refractivity contribution in [1.29, 1.82) is 0 Å². The second-order valence-corrected chi connectivity index (χ2v) is 4.85. The molecule has 2 aromatic rings. The fraction of sp³-hybridized carbons (Fsp3) is 0.0714. The van der Waals surface area contributed by atoms with Crippen molar-refractivity contribution in [2.75, 3.05) is 0 Å². The van der Waals surface area contributed by atoms with Crippen LogP contribution < -0.4 is 4.74 Å². The molecule has 0 radical (unpaired) electrons. The Morgan fingerprint density at radius 1 is 1.12 bits per heavy atom. The number of carbonyl (C=O) groups excluding carboxylic acids is 1. The maximum Gasteiger partial charge on any atom is 0.153 e. The van der Waals surface area contributed by atoms with Crippen LogP contribution in [0.1, 0.15) is 15.9 Å². The standard InChI is InChI=1S/C14H11IO2/c1-10-6-7-13(11(8-10)9-16)17-14-5-3-2-4-12(14)15/h2-9H,1H3. The highest BCUT2D eigenvalue weighted by Gasteiger charge is 2.06. The number of rotatable bonds is 3. The van der Waals surface area contributed by atoms with Gasteiger partial charge >= 0.3 is 0 Å². The van der Waals surface area contributed by atoms with E-state index in [1.165, 1.54) is 0 Å². The lowest BCUT2D eigenvalue weighted by atomic mass is 10.1. The zero-order chi connectivity index (χ0) is 12.3. The minimum absolute atomic E-state index is 0.574. The fourth-order valence-corrected chi connectivity index (χ4v) is 2.00. The number of aldehydes is 1. The average Bonchev–Trinajstić information content (AvgIpc) is 2.34. The summed E-state index contributed by atoms with van der Waals surface area (Å²) in [6.07, 6.45) is 0.818. The molecule has 0 heterocycles. The van der Waals surface area contributed by atoms with Crippen LogP contribution in [-0.4, -0.2) is 6.29 Å². The van der Waals surface area contributed by atoms with Crippen LogP contribution in [0, 0.1) is 10.5 Å². The first kappa shape index (κ1) is 12.1. The molecule has 0 aliphatic carbocycles. The van der Waals surface area contributed by atoms with Crippen molar-refractivity contribution in [1.82, 2.24) is 0 Å². The number of hydrogen-bond donors (Lipinski definition) is 0. The molecule has 0 atom stereocenters. The van der Waals surface area contributed by atoms with Gasteiger partial charge in [-0.25, -0.2) is 0 Å². The Labute approximate surface area is 114 Å². The van der Waals surface area contributed by atoms with Crippen LogP contribution in [0.3, 0.4) is 0 Å². The number of carbonyl (C=O) groups is 1. The highest BCUT2D eigenvalue weighted by Crippen LogP contribution is 2.28. The van der Waals surface area contributed by atoms with Crippen LogP contribution in [0.2, 0.25) is 0 Å². The molecule has 0 bridgehead atoms. The first-order valence-electron chi connectivity index (χ1n) is 5.19. The molecule has 3 heteroatoms. The molecule has 0 spiro atoms. The lowest BCUT2D eigenvalue weighted by Crippen LogP contribution is -1.92. The molecule has 2 nitrogen and oxygen atoms in total. The summed E-state index contributed by atoms with van der Waals surface area (Å²) < 4.78 is 6.76. The van der Waals surface area contributed by atoms with Crippen LogP contribution >= 0.6 is 22.6 Å². The van der Waals surface area contributed by atoms with Gasteiger partial charge in [-0.1, -0.05) is 23.8 Å². The average molecular weight is 338 g/mol. The topological polar surface area (TPSA) is 26.3 Å². The van der Waals surface area contributed by atoms with Gasteiger partial charge in [0.25, 0.3) is 0 Å². The second kappa shape index (κ2) is 5.31. The summed E-state index contributed by atoms with van der Waals surface area (Å²) in [6, 6.07) is 13.3. The Kier molecular flexibility index (Phi) is 3.78. The van der Waals surface area contributed by atoms with Crippen molar-refractivity contribution in [3.05, 3.63) is 57.2 Å². The lowest BCUT2D eigenvalue weighted by Gasteiger charge is -2.09. The largest absolute Gasteiger partial charge is 0.456 e. The smallest absolute Gasteiger partial charge is 0.153 e. The van der Waals surface area contributed by atoms with Crippen LogP contribution in [-0.2, 0) is 0 Å². The van der Waals surface area contributed by atoms with Crippen LogP contribution in [0.15, 0.2) is 42.5 Å². The third-order valence-electron chi connectivity index (χ3n) is 2.35. The van der Waals surface area contributed by atoms with E-state index in [1.807, 2.05) is 49.4 Å². The normalized spacial score (nSPS) is 10.0. The molecule has 0 unspecified atom stereocenters. The molecule has 0 saturated heterocycles. The van der Waals surface area contributed by atoms with E-state index in [0.29, 0.717) is 11.3 Å². The quantitative estimate of drug-likeness (QED) is 0.619. The molecular weight excluding hydrogens is 327 g/mol. The zero-order valence-electron chi connectivity index (χ0n) is 9.31. The van der Waals surface area contributed by atoms with Gasteiger partial charge in [0.15, 0.2) is 6.29 Å². The van der Waals surface area contributed by atoms with Crippen molar-refractivity contribution in [3.8, 4) is 11.5 Å². The van der Waals surface area contributed by atoms with Gasteiger partial charge in [-0.05, 0) is 53.8 Å². The van der Waals surface area contributed by atoms with E-state index in [2.05, 4.69) is 22.6 Å². The molecule has 0 N–H and O–H groups in total. The number of hydrogen-bond acceptors (Lipinski definition) is 2. The summed E-state index contributed by atoms with van der Waals surface area (Å²) in [6.45, 7) is 1.95. The lowest BCUT2D eigenvalue weighted by molar-refractivity contribution is 0.112. The highest BCUT2D eigenvalue weighted by atomic mass is 127. The van der Waals surface area contributed by atoms with E-state index >= 15 is 0 Å². The Bertz CT molecular complexity index is 550. The van der Waals surface area contributed by atoms with Gasteiger partial charge in [0.1, 0.15) is 11.5 Å². The van der Waals surface area contributed by atoms with Crippen molar-refractivity contribution in [2.24, 2.45) is 0 Å².